The number of aromatic nitrogens is 2. The minimum atomic E-state index is -0.707. The standard InChI is InChI=1S/C13H19N3O2/c17-12(18)8-13(5-2-1-3-6-13)9-15-11-4-7-14-10-16-11/h4,7,10H,1-3,5-6,8-9H2,(H,17,18)(H,14,15,16). The van der Waals surface area contributed by atoms with E-state index in [0.29, 0.717) is 6.54 Å². The van der Waals surface area contributed by atoms with Crippen LogP contribution in [0.3, 0.4) is 0 Å². The van der Waals surface area contributed by atoms with Crippen molar-refractivity contribution in [3.63, 3.8) is 0 Å². The number of hydrogen-bond acceptors (Lipinski definition) is 4. The molecular weight excluding hydrogens is 230 g/mol. The van der Waals surface area contributed by atoms with Gasteiger partial charge >= 0.3 is 5.97 Å². The highest BCUT2D eigenvalue weighted by Crippen LogP contribution is 2.39. The Hall–Kier alpha value is -1.65. The lowest BCUT2D eigenvalue weighted by Gasteiger charge is -2.36. The molecule has 1 aromatic rings. The summed E-state index contributed by atoms with van der Waals surface area (Å²) < 4.78 is 0. The van der Waals surface area contributed by atoms with Crippen LogP contribution >= 0.6 is 0 Å². The summed E-state index contributed by atoms with van der Waals surface area (Å²) in [6.45, 7) is 0.677. The predicted octanol–water partition coefficient (Wildman–Crippen LogP) is 2.31. The summed E-state index contributed by atoms with van der Waals surface area (Å²) in [5.74, 6) is 0.0572. The molecule has 0 aliphatic heterocycles. The minimum absolute atomic E-state index is 0.116. The van der Waals surface area contributed by atoms with Crippen molar-refractivity contribution in [1.29, 1.82) is 0 Å². The third-order valence-electron chi connectivity index (χ3n) is 3.67. The lowest BCUT2D eigenvalue weighted by atomic mass is 9.72. The van der Waals surface area contributed by atoms with Gasteiger partial charge in [-0.25, -0.2) is 9.97 Å². The van der Waals surface area contributed by atoms with Crippen LogP contribution in [0.2, 0.25) is 0 Å². The van der Waals surface area contributed by atoms with E-state index in [-0.39, 0.29) is 11.8 Å². The SMILES string of the molecule is O=C(O)CC1(CNc2ccncn2)CCCCC1. The molecule has 5 nitrogen and oxygen atoms in total. The van der Waals surface area contributed by atoms with Crippen LogP contribution in [0.4, 0.5) is 5.82 Å². The highest BCUT2D eigenvalue weighted by atomic mass is 16.4. The maximum Gasteiger partial charge on any atom is 0.303 e. The fourth-order valence-electron chi connectivity index (χ4n) is 2.71. The first kappa shape index (κ1) is 12.8. The normalized spacial score (nSPS) is 18.2. The Morgan fingerprint density at radius 2 is 2.17 bits per heavy atom. The maximum atomic E-state index is 11.0. The van der Waals surface area contributed by atoms with E-state index < -0.39 is 5.97 Å². The van der Waals surface area contributed by atoms with E-state index in [4.69, 9.17) is 5.11 Å². The van der Waals surface area contributed by atoms with Gasteiger partial charge in [0.15, 0.2) is 0 Å². The zero-order valence-corrected chi connectivity index (χ0v) is 10.4. The summed E-state index contributed by atoms with van der Waals surface area (Å²) in [5.41, 5.74) is -0.116. The molecule has 0 unspecified atom stereocenters. The molecule has 2 N–H and O–H groups in total. The number of aliphatic carboxylic acids is 1. The molecule has 0 bridgehead atoms. The van der Waals surface area contributed by atoms with Crippen LogP contribution in [0, 0.1) is 5.41 Å². The van der Waals surface area contributed by atoms with Gasteiger partial charge in [-0.15, -0.1) is 0 Å². The summed E-state index contributed by atoms with van der Waals surface area (Å²) in [6.07, 6.45) is 8.85. The first-order chi connectivity index (χ1) is 8.70. The molecule has 1 aliphatic carbocycles. The number of anilines is 1. The molecule has 1 saturated carbocycles. The highest BCUT2D eigenvalue weighted by molar-refractivity contribution is 5.67. The Labute approximate surface area is 107 Å². The van der Waals surface area contributed by atoms with E-state index in [1.807, 2.05) is 0 Å². The molecular formula is C13H19N3O2. The van der Waals surface area contributed by atoms with Crippen LogP contribution < -0.4 is 5.32 Å². The third-order valence-corrected chi connectivity index (χ3v) is 3.67. The molecule has 0 radical (unpaired) electrons. The summed E-state index contributed by atoms with van der Waals surface area (Å²) in [7, 11) is 0. The van der Waals surface area contributed by atoms with Crippen molar-refractivity contribution >= 4 is 11.8 Å². The number of rotatable bonds is 5. The van der Waals surface area contributed by atoms with Crippen molar-refractivity contribution in [2.45, 2.75) is 38.5 Å². The van der Waals surface area contributed by atoms with Gasteiger partial charge in [0.05, 0.1) is 6.42 Å². The van der Waals surface area contributed by atoms with Crippen LogP contribution in [0.15, 0.2) is 18.6 Å². The van der Waals surface area contributed by atoms with Crippen molar-refractivity contribution in [2.24, 2.45) is 5.41 Å². The van der Waals surface area contributed by atoms with Gasteiger partial charge in [0, 0.05) is 12.7 Å². The lowest BCUT2D eigenvalue weighted by molar-refractivity contribution is -0.140. The molecule has 0 spiro atoms. The van der Waals surface area contributed by atoms with Gasteiger partial charge in [-0.2, -0.15) is 0 Å². The quantitative estimate of drug-likeness (QED) is 0.837. The zero-order chi connectivity index (χ0) is 12.8. The average molecular weight is 249 g/mol. The van der Waals surface area contributed by atoms with Gasteiger partial charge in [0.2, 0.25) is 0 Å². The molecule has 0 amide bonds. The molecule has 18 heavy (non-hydrogen) atoms. The Morgan fingerprint density at radius 3 is 2.78 bits per heavy atom. The third kappa shape index (κ3) is 3.42. The number of nitrogens with one attached hydrogen (secondary N) is 1. The Balaban J connectivity index is 1.99. The molecule has 2 rings (SSSR count). The molecule has 1 aliphatic rings. The van der Waals surface area contributed by atoms with Crippen LogP contribution in [0.5, 0.6) is 0 Å². The van der Waals surface area contributed by atoms with Crippen molar-refractivity contribution in [3.8, 4) is 0 Å². The van der Waals surface area contributed by atoms with Crippen molar-refractivity contribution in [1.82, 2.24) is 9.97 Å². The predicted molar refractivity (Wildman–Crippen MR) is 68.3 cm³/mol. The van der Waals surface area contributed by atoms with E-state index in [2.05, 4.69) is 15.3 Å². The molecule has 1 fully saturated rings. The fourth-order valence-corrected chi connectivity index (χ4v) is 2.71. The maximum absolute atomic E-state index is 11.0. The lowest BCUT2D eigenvalue weighted by Crippen LogP contribution is -2.34. The van der Waals surface area contributed by atoms with Gasteiger partial charge in [-0.3, -0.25) is 4.79 Å². The van der Waals surface area contributed by atoms with Crippen LogP contribution in [0.1, 0.15) is 38.5 Å². The first-order valence-electron chi connectivity index (χ1n) is 6.42. The number of carboxylic acids is 1. The second kappa shape index (κ2) is 5.80. The zero-order valence-electron chi connectivity index (χ0n) is 10.4. The van der Waals surface area contributed by atoms with Gasteiger partial charge in [-0.05, 0) is 24.3 Å². The average Bonchev–Trinajstić information content (AvgIpc) is 2.38. The van der Waals surface area contributed by atoms with Crippen LogP contribution in [-0.4, -0.2) is 27.6 Å². The number of carboxylic acid groups (broad SMARTS) is 1. The number of nitrogens with zero attached hydrogens (tertiary/aromatic N) is 2. The molecule has 1 aromatic heterocycles. The number of hydrogen-bond donors (Lipinski definition) is 2. The largest absolute Gasteiger partial charge is 0.481 e. The van der Waals surface area contributed by atoms with E-state index in [1.165, 1.54) is 12.7 Å². The molecule has 98 valence electrons. The van der Waals surface area contributed by atoms with Crippen molar-refractivity contribution < 1.29 is 9.90 Å². The smallest absolute Gasteiger partial charge is 0.303 e. The van der Waals surface area contributed by atoms with Gasteiger partial charge in [0.1, 0.15) is 12.1 Å². The van der Waals surface area contributed by atoms with E-state index in [1.54, 1.807) is 12.3 Å². The topological polar surface area (TPSA) is 75.1 Å². The Bertz CT molecular complexity index is 388. The first-order valence-corrected chi connectivity index (χ1v) is 6.42. The molecule has 1 heterocycles. The second-order valence-corrected chi connectivity index (χ2v) is 5.08. The van der Waals surface area contributed by atoms with Crippen LogP contribution in [0.25, 0.3) is 0 Å². The molecule has 0 saturated heterocycles. The second-order valence-electron chi connectivity index (χ2n) is 5.08. The summed E-state index contributed by atoms with van der Waals surface area (Å²) in [4.78, 5) is 19.0. The highest BCUT2D eigenvalue weighted by Gasteiger charge is 2.34. The van der Waals surface area contributed by atoms with E-state index in [9.17, 15) is 4.79 Å². The van der Waals surface area contributed by atoms with Gasteiger partial charge in [0.25, 0.3) is 0 Å². The Morgan fingerprint density at radius 1 is 1.39 bits per heavy atom. The molecule has 0 atom stereocenters. The minimum Gasteiger partial charge on any atom is -0.481 e. The van der Waals surface area contributed by atoms with Gasteiger partial charge < -0.3 is 10.4 Å². The van der Waals surface area contributed by atoms with Gasteiger partial charge in [-0.1, -0.05) is 19.3 Å². The summed E-state index contributed by atoms with van der Waals surface area (Å²) in [5, 5.41) is 12.3. The Kier molecular flexibility index (Phi) is 4.12. The monoisotopic (exact) mass is 249 g/mol. The van der Waals surface area contributed by atoms with E-state index in [0.717, 1.165) is 31.5 Å². The van der Waals surface area contributed by atoms with Crippen molar-refractivity contribution in [3.05, 3.63) is 18.6 Å². The van der Waals surface area contributed by atoms with Crippen molar-refractivity contribution in [2.75, 3.05) is 11.9 Å². The van der Waals surface area contributed by atoms with Crippen LogP contribution in [-0.2, 0) is 4.79 Å². The fraction of sp³-hybridized carbons (Fsp3) is 0.615. The summed E-state index contributed by atoms with van der Waals surface area (Å²) >= 11 is 0. The summed E-state index contributed by atoms with van der Waals surface area (Å²) in [6, 6.07) is 1.80. The molecule has 5 heteroatoms. The molecule has 0 aromatic carbocycles. The number of carbonyl (C=O) groups is 1. The van der Waals surface area contributed by atoms with E-state index >= 15 is 0 Å².